The first-order chi connectivity index (χ1) is 13.2. The Morgan fingerprint density at radius 3 is 2.74 bits per heavy atom. The molecule has 27 heavy (non-hydrogen) atoms. The number of ether oxygens (including phenoxy) is 1. The van der Waals surface area contributed by atoms with Gasteiger partial charge < -0.3 is 23.9 Å². The topological polar surface area (TPSA) is 74.9 Å². The molecule has 0 saturated carbocycles. The summed E-state index contributed by atoms with van der Waals surface area (Å²) in [4.78, 5) is 27.7. The monoisotopic (exact) mass is 369 g/mol. The predicted octanol–water partition coefficient (Wildman–Crippen LogP) is 1.28. The lowest BCUT2D eigenvalue weighted by Crippen LogP contribution is -2.58. The van der Waals surface area contributed by atoms with E-state index in [2.05, 4.69) is 16.4 Å². The van der Waals surface area contributed by atoms with Crippen LogP contribution in [0, 0.1) is 5.41 Å². The number of aromatic nitrogens is 2. The summed E-state index contributed by atoms with van der Waals surface area (Å²) in [6.07, 6.45) is 4.09. The van der Waals surface area contributed by atoms with Crippen molar-refractivity contribution < 1.29 is 13.9 Å². The van der Waals surface area contributed by atoms with E-state index in [9.17, 15) is 4.79 Å². The van der Waals surface area contributed by atoms with Crippen LogP contribution in [0.1, 0.15) is 6.42 Å². The van der Waals surface area contributed by atoms with Crippen molar-refractivity contribution in [3.63, 3.8) is 0 Å². The fraction of sp³-hybridized carbons (Fsp3) is 0.526. The van der Waals surface area contributed by atoms with Gasteiger partial charge in [-0.3, -0.25) is 4.79 Å². The molecule has 0 bridgehead atoms. The van der Waals surface area contributed by atoms with Crippen molar-refractivity contribution >= 4 is 28.8 Å². The number of hydrogen-bond donors (Lipinski definition) is 0. The zero-order valence-electron chi connectivity index (χ0n) is 15.3. The predicted molar refractivity (Wildman–Crippen MR) is 101 cm³/mol. The molecular formula is C19H23N5O3. The highest BCUT2D eigenvalue weighted by molar-refractivity contribution is 5.87. The van der Waals surface area contributed by atoms with Gasteiger partial charge in [0.1, 0.15) is 5.52 Å². The lowest BCUT2D eigenvalue weighted by molar-refractivity contribution is -0.125. The van der Waals surface area contributed by atoms with Gasteiger partial charge in [-0.2, -0.15) is 4.98 Å². The Hall–Kier alpha value is -2.61. The SMILES string of the molecule is C=CC(=O)N1CCC2(C1)CN(c1nc(N3CCOCC3)c3occc3n1)C2. The maximum absolute atomic E-state index is 11.9. The molecule has 0 unspecified atom stereocenters. The number of hydrogen-bond acceptors (Lipinski definition) is 7. The van der Waals surface area contributed by atoms with Crippen molar-refractivity contribution in [2.24, 2.45) is 5.41 Å². The second kappa shape index (κ2) is 6.23. The van der Waals surface area contributed by atoms with Crippen LogP contribution in [-0.4, -0.2) is 73.3 Å². The van der Waals surface area contributed by atoms with Gasteiger partial charge in [0.15, 0.2) is 11.4 Å². The van der Waals surface area contributed by atoms with E-state index < -0.39 is 0 Å². The van der Waals surface area contributed by atoms with Crippen molar-refractivity contribution in [3.05, 3.63) is 25.0 Å². The molecule has 142 valence electrons. The van der Waals surface area contributed by atoms with E-state index >= 15 is 0 Å². The Morgan fingerprint density at radius 2 is 1.96 bits per heavy atom. The second-order valence-electron chi connectivity index (χ2n) is 7.65. The van der Waals surface area contributed by atoms with Gasteiger partial charge in [0.2, 0.25) is 11.9 Å². The molecule has 3 fully saturated rings. The summed E-state index contributed by atoms with van der Waals surface area (Å²) in [7, 11) is 0. The number of carbonyl (C=O) groups excluding carboxylic acids is 1. The smallest absolute Gasteiger partial charge is 0.245 e. The van der Waals surface area contributed by atoms with Crippen LogP contribution in [0.15, 0.2) is 29.4 Å². The number of nitrogens with zero attached hydrogens (tertiary/aromatic N) is 5. The Bertz CT molecular complexity index is 883. The Kier molecular flexibility index (Phi) is 3.82. The summed E-state index contributed by atoms with van der Waals surface area (Å²) >= 11 is 0. The highest BCUT2D eigenvalue weighted by Gasteiger charge is 2.49. The summed E-state index contributed by atoms with van der Waals surface area (Å²) in [6.45, 7) is 9.93. The number of amides is 1. The molecule has 8 heteroatoms. The van der Waals surface area contributed by atoms with Gasteiger partial charge in [0.25, 0.3) is 0 Å². The average molecular weight is 369 g/mol. The standard InChI is InChI=1S/C19H23N5O3/c1-2-15(25)23-5-4-19(11-23)12-24(13-19)18-20-14-3-8-27-16(14)17(21-18)22-6-9-26-10-7-22/h2-3,8H,1,4-7,9-13H2. The van der Waals surface area contributed by atoms with E-state index in [0.717, 1.165) is 68.6 Å². The van der Waals surface area contributed by atoms with Crippen molar-refractivity contribution in [1.29, 1.82) is 0 Å². The minimum atomic E-state index is 0.0241. The summed E-state index contributed by atoms with van der Waals surface area (Å²) in [5.74, 6) is 1.61. The van der Waals surface area contributed by atoms with Crippen molar-refractivity contribution in [3.8, 4) is 0 Å². The third-order valence-electron chi connectivity index (χ3n) is 5.84. The molecule has 0 aromatic carbocycles. The molecule has 0 N–H and O–H groups in total. The van der Waals surface area contributed by atoms with Crippen LogP contribution < -0.4 is 9.80 Å². The first-order valence-electron chi connectivity index (χ1n) is 9.42. The highest BCUT2D eigenvalue weighted by atomic mass is 16.5. The molecule has 5 rings (SSSR count). The zero-order chi connectivity index (χ0) is 18.4. The molecule has 8 nitrogen and oxygen atoms in total. The molecular weight excluding hydrogens is 346 g/mol. The molecule has 3 saturated heterocycles. The van der Waals surface area contributed by atoms with E-state index in [-0.39, 0.29) is 11.3 Å². The maximum Gasteiger partial charge on any atom is 0.245 e. The van der Waals surface area contributed by atoms with Gasteiger partial charge in [-0.25, -0.2) is 4.98 Å². The third kappa shape index (κ3) is 2.75. The molecule has 3 aliphatic heterocycles. The number of fused-ring (bicyclic) bond motifs is 1. The number of morpholine rings is 1. The zero-order valence-corrected chi connectivity index (χ0v) is 15.3. The average Bonchev–Trinajstić information content (AvgIpc) is 3.33. The molecule has 3 aliphatic rings. The van der Waals surface area contributed by atoms with E-state index in [4.69, 9.17) is 19.1 Å². The normalized spacial score (nSPS) is 21.7. The van der Waals surface area contributed by atoms with E-state index in [1.54, 1.807) is 6.26 Å². The Labute approximate surface area is 157 Å². The molecule has 2 aromatic heterocycles. The van der Waals surface area contributed by atoms with Crippen LogP contribution in [0.4, 0.5) is 11.8 Å². The molecule has 0 aliphatic carbocycles. The lowest BCUT2D eigenvalue weighted by atomic mass is 9.79. The largest absolute Gasteiger partial charge is 0.459 e. The van der Waals surface area contributed by atoms with Gasteiger partial charge in [0, 0.05) is 50.7 Å². The molecule has 0 radical (unpaired) electrons. The first kappa shape index (κ1) is 16.6. The van der Waals surface area contributed by atoms with E-state index in [1.165, 1.54) is 6.08 Å². The third-order valence-corrected chi connectivity index (χ3v) is 5.84. The van der Waals surface area contributed by atoms with Crippen LogP contribution in [0.3, 0.4) is 0 Å². The van der Waals surface area contributed by atoms with Crippen molar-refractivity contribution in [2.45, 2.75) is 6.42 Å². The van der Waals surface area contributed by atoms with Crippen LogP contribution in [0.25, 0.3) is 11.1 Å². The fourth-order valence-electron chi connectivity index (χ4n) is 4.38. The number of rotatable bonds is 3. The Balaban J connectivity index is 1.37. The summed E-state index contributed by atoms with van der Waals surface area (Å²) in [5, 5.41) is 0. The minimum Gasteiger partial charge on any atom is -0.459 e. The van der Waals surface area contributed by atoms with Gasteiger partial charge >= 0.3 is 0 Å². The van der Waals surface area contributed by atoms with Crippen LogP contribution in [0.2, 0.25) is 0 Å². The summed E-state index contributed by atoms with van der Waals surface area (Å²) < 4.78 is 11.1. The number of furan rings is 1. The van der Waals surface area contributed by atoms with Crippen molar-refractivity contribution in [1.82, 2.24) is 14.9 Å². The summed E-state index contributed by atoms with van der Waals surface area (Å²) in [6, 6.07) is 1.89. The van der Waals surface area contributed by atoms with E-state index in [0.29, 0.717) is 13.2 Å². The maximum atomic E-state index is 11.9. The molecule has 2 aromatic rings. The van der Waals surface area contributed by atoms with Gasteiger partial charge in [0.05, 0.1) is 19.5 Å². The van der Waals surface area contributed by atoms with Crippen LogP contribution >= 0.6 is 0 Å². The Morgan fingerprint density at radius 1 is 1.15 bits per heavy atom. The lowest BCUT2D eigenvalue weighted by Gasteiger charge is -2.48. The van der Waals surface area contributed by atoms with Crippen LogP contribution in [0.5, 0.6) is 0 Å². The number of carbonyl (C=O) groups is 1. The van der Waals surface area contributed by atoms with Gasteiger partial charge in [-0.1, -0.05) is 6.58 Å². The number of likely N-dealkylation sites (tertiary alicyclic amines) is 1. The fourth-order valence-corrected chi connectivity index (χ4v) is 4.38. The quantitative estimate of drug-likeness (QED) is 0.755. The molecule has 0 atom stereocenters. The number of anilines is 2. The van der Waals surface area contributed by atoms with E-state index in [1.807, 2.05) is 11.0 Å². The summed E-state index contributed by atoms with van der Waals surface area (Å²) in [5.41, 5.74) is 1.73. The molecule has 5 heterocycles. The molecule has 1 spiro atoms. The molecule has 1 amide bonds. The minimum absolute atomic E-state index is 0.0241. The highest BCUT2D eigenvalue weighted by Crippen LogP contribution is 2.42. The van der Waals surface area contributed by atoms with Crippen LogP contribution in [-0.2, 0) is 9.53 Å². The van der Waals surface area contributed by atoms with Gasteiger partial charge in [-0.15, -0.1) is 0 Å². The second-order valence-corrected chi connectivity index (χ2v) is 7.65. The van der Waals surface area contributed by atoms with Crippen molar-refractivity contribution in [2.75, 3.05) is 62.3 Å². The first-order valence-corrected chi connectivity index (χ1v) is 9.42. The van der Waals surface area contributed by atoms with Gasteiger partial charge in [-0.05, 0) is 12.5 Å².